The van der Waals surface area contributed by atoms with Crippen LogP contribution in [-0.2, 0) is 0 Å². The molecule has 1 heterocycles. The second-order valence-electron chi connectivity index (χ2n) is 3.48. The highest BCUT2D eigenvalue weighted by Gasteiger charge is 2.14. The van der Waals surface area contributed by atoms with Gasteiger partial charge in [-0.05, 0) is 36.8 Å². The zero-order chi connectivity index (χ0) is 11.7. The van der Waals surface area contributed by atoms with Gasteiger partial charge in [0.25, 0.3) is 0 Å². The van der Waals surface area contributed by atoms with Gasteiger partial charge in [-0.25, -0.2) is 8.78 Å². The van der Waals surface area contributed by atoms with Gasteiger partial charge in [0.15, 0.2) is 11.6 Å². The number of benzene rings is 1. The molecular weight excluding hydrogens is 250 g/mol. The van der Waals surface area contributed by atoms with Crippen LogP contribution >= 0.6 is 22.9 Å². The SMILES string of the molecule is Cc1ccc(C(Cl)c2ccc(F)c(F)c2)s1. The molecular formula is C12H9ClF2S. The van der Waals surface area contributed by atoms with Gasteiger partial charge in [-0.1, -0.05) is 6.07 Å². The van der Waals surface area contributed by atoms with Crippen molar-refractivity contribution in [2.75, 3.05) is 0 Å². The Morgan fingerprint density at radius 2 is 1.88 bits per heavy atom. The largest absolute Gasteiger partial charge is 0.204 e. The smallest absolute Gasteiger partial charge is 0.159 e. The molecule has 1 aromatic heterocycles. The molecule has 84 valence electrons. The highest BCUT2D eigenvalue weighted by atomic mass is 35.5. The summed E-state index contributed by atoms with van der Waals surface area (Å²) in [6.07, 6.45) is 0. The van der Waals surface area contributed by atoms with E-state index in [0.29, 0.717) is 5.56 Å². The first-order valence-corrected chi connectivity index (χ1v) is 5.98. The van der Waals surface area contributed by atoms with Crippen molar-refractivity contribution in [2.24, 2.45) is 0 Å². The molecule has 0 radical (unpaired) electrons. The maximum atomic E-state index is 13.0. The molecule has 2 aromatic rings. The van der Waals surface area contributed by atoms with E-state index in [9.17, 15) is 8.78 Å². The third kappa shape index (κ3) is 2.25. The summed E-state index contributed by atoms with van der Waals surface area (Å²) in [7, 11) is 0. The highest BCUT2D eigenvalue weighted by Crippen LogP contribution is 2.33. The minimum atomic E-state index is -0.864. The molecule has 1 aromatic carbocycles. The van der Waals surface area contributed by atoms with Crippen LogP contribution in [-0.4, -0.2) is 0 Å². The zero-order valence-corrected chi connectivity index (χ0v) is 10.1. The molecule has 0 amide bonds. The third-order valence-corrected chi connectivity index (χ3v) is 3.93. The molecule has 0 nitrogen and oxygen atoms in total. The van der Waals surface area contributed by atoms with Gasteiger partial charge in [-0.15, -0.1) is 22.9 Å². The van der Waals surface area contributed by atoms with Crippen molar-refractivity contribution in [1.29, 1.82) is 0 Å². The normalized spacial score (nSPS) is 12.8. The molecule has 0 fully saturated rings. The van der Waals surface area contributed by atoms with Crippen molar-refractivity contribution in [3.05, 3.63) is 57.3 Å². The first-order chi connectivity index (χ1) is 7.58. The van der Waals surface area contributed by atoms with Gasteiger partial charge in [0.2, 0.25) is 0 Å². The lowest BCUT2D eigenvalue weighted by molar-refractivity contribution is 0.507. The standard InChI is InChI=1S/C12H9ClF2S/c1-7-2-5-11(16-7)12(13)8-3-4-9(14)10(15)6-8/h2-6,12H,1H3. The summed E-state index contributed by atoms with van der Waals surface area (Å²) in [5.74, 6) is -1.72. The van der Waals surface area contributed by atoms with Crippen LogP contribution in [0.3, 0.4) is 0 Å². The topological polar surface area (TPSA) is 0 Å². The Labute approximate surface area is 101 Å². The van der Waals surface area contributed by atoms with E-state index in [1.807, 2.05) is 19.1 Å². The molecule has 0 aliphatic carbocycles. The van der Waals surface area contributed by atoms with Crippen LogP contribution < -0.4 is 0 Å². The van der Waals surface area contributed by atoms with Gasteiger partial charge >= 0.3 is 0 Å². The van der Waals surface area contributed by atoms with E-state index in [-0.39, 0.29) is 0 Å². The molecule has 16 heavy (non-hydrogen) atoms. The fourth-order valence-electron chi connectivity index (χ4n) is 1.42. The lowest BCUT2D eigenvalue weighted by Gasteiger charge is -2.07. The Morgan fingerprint density at radius 1 is 1.12 bits per heavy atom. The van der Waals surface area contributed by atoms with Crippen LogP contribution in [0.4, 0.5) is 8.78 Å². The molecule has 1 atom stereocenters. The second kappa shape index (κ2) is 4.52. The van der Waals surface area contributed by atoms with Crippen LogP contribution in [0.2, 0.25) is 0 Å². The summed E-state index contributed by atoms with van der Waals surface area (Å²) in [5.41, 5.74) is 0.572. The summed E-state index contributed by atoms with van der Waals surface area (Å²) in [5, 5.41) is -0.422. The van der Waals surface area contributed by atoms with Gasteiger partial charge in [0.1, 0.15) is 0 Å². The highest BCUT2D eigenvalue weighted by molar-refractivity contribution is 7.12. The molecule has 1 unspecified atom stereocenters. The Morgan fingerprint density at radius 3 is 2.44 bits per heavy atom. The predicted octanol–water partition coefficient (Wildman–Crippen LogP) is 4.66. The van der Waals surface area contributed by atoms with Crippen LogP contribution in [0.1, 0.15) is 20.7 Å². The van der Waals surface area contributed by atoms with E-state index in [2.05, 4.69) is 0 Å². The van der Waals surface area contributed by atoms with Crippen LogP contribution in [0, 0.1) is 18.6 Å². The van der Waals surface area contributed by atoms with Gasteiger partial charge in [0.05, 0.1) is 5.38 Å². The minimum Gasteiger partial charge on any atom is -0.204 e. The number of hydrogen-bond acceptors (Lipinski definition) is 1. The first-order valence-electron chi connectivity index (χ1n) is 4.73. The molecule has 4 heteroatoms. The number of thiophene rings is 1. The number of aryl methyl sites for hydroxylation is 1. The van der Waals surface area contributed by atoms with Crippen LogP contribution in [0.25, 0.3) is 0 Å². The lowest BCUT2D eigenvalue weighted by atomic mass is 10.1. The van der Waals surface area contributed by atoms with E-state index in [4.69, 9.17) is 11.6 Å². The summed E-state index contributed by atoms with van der Waals surface area (Å²) in [6, 6.07) is 7.60. The second-order valence-corrected chi connectivity index (χ2v) is 5.24. The Balaban J connectivity index is 2.33. The van der Waals surface area contributed by atoms with E-state index < -0.39 is 17.0 Å². The van der Waals surface area contributed by atoms with Crippen molar-refractivity contribution >= 4 is 22.9 Å². The van der Waals surface area contributed by atoms with Crippen LogP contribution in [0.15, 0.2) is 30.3 Å². The third-order valence-electron chi connectivity index (χ3n) is 2.25. The Bertz CT molecular complexity index is 507. The Hall–Kier alpha value is -0.930. The minimum absolute atomic E-state index is 0.422. The first kappa shape index (κ1) is 11.6. The van der Waals surface area contributed by atoms with Gasteiger partial charge in [-0.3, -0.25) is 0 Å². The van der Waals surface area contributed by atoms with Crippen molar-refractivity contribution in [2.45, 2.75) is 12.3 Å². The number of rotatable bonds is 2. The molecule has 0 saturated carbocycles. The van der Waals surface area contributed by atoms with Gasteiger partial charge in [0, 0.05) is 9.75 Å². The molecule has 0 aliphatic rings. The average Bonchev–Trinajstić information content (AvgIpc) is 2.68. The quantitative estimate of drug-likeness (QED) is 0.687. The van der Waals surface area contributed by atoms with Crippen molar-refractivity contribution in [3.63, 3.8) is 0 Å². The number of hydrogen-bond donors (Lipinski definition) is 0. The van der Waals surface area contributed by atoms with Crippen molar-refractivity contribution in [3.8, 4) is 0 Å². The van der Waals surface area contributed by atoms with Crippen molar-refractivity contribution in [1.82, 2.24) is 0 Å². The molecule has 0 bridgehead atoms. The number of halogens is 3. The molecule has 0 saturated heterocycles. The van der Waals surface area contributed by atoms with Gasteiger partial charge < -0.3 is 0 Å². The predicted molar refractivity (Wildman–Crippen MR) is 63.1 cm³/mol. The average molecular weight is 259 g/mol. The van der Waals surface area contributed by atoms with E-state index >= 15 is 0 Å². The summed E-state index contributed by atoms with van der Waals surface area (Å²) >= 11 is 7.74. The van der Waals surface area contributed by atoms with Crippen LogP contribution in [0.5, 0.6) is 0 Å². The zero-order valence-electron chi connectivity index (χ0n) is 8.51. The molecule has 0 aliphatic heterocycles. The monoisotopic (exact) mass is 258 g/mol. The molecule has 0 N–H and O–H groups in total. The van der Waals surface area contributed by atoms with E-state index in [1.54, 1.807) is 11.3 Å². The fraction of sp³-hybridized carbons (Fsp3) is 0.167. The van der Waals surface area contributed by atoms with E-state index in [1.165, 1.54) is 6.07 Å². The Kier molecular flexibility index (Phi) is 3.26. The maximum Gasteiger partial charge on any atom is 0.159 e. The van der Waals surface area contributed by atoms with Crippen molar-refractivity contribution < 1.29 is 8.78 Å². The summed E-state index contributed by atoms with van der Waals surface area (Å²) in [6.45, 7) is 1.98. The fourth-order valence-corrected chi connectivity index (χ4v) is 2.65. The summed E-state index contributed by atoms with van der Waals surface area (Å²) < 4.78 is 25.8. The summed E-state index contributed by atoms with van der Waals surface area (Å²) in [4.78, 5) is 2.08. The molecule has 2 rings (SSSR count). The maximum absolute atomic E-state index is 13.0. The van der Waals surface area contributed by atoms with E-state index in [0.717, 1.165) is 21.9 Å². The number of alkyl halides is 1. The van der Waals surface area contributed by atoms with Gasteiger partial charge in [-0.2, -0.15) is 0 Å². The molecule has 0 spiro atoms. The lowest BCUT2D eigenvalue weighted by Crippen LogP contribution is -1.93.